The Kier molecular flexibility index (Phi) is 5.61. The van der Waals surface area contributed by atoms with E-state index in [0.717, 1.165) is 35.7 Å². The molecular formula is C18H21ClN2O2. The fraction of sp³-hybridized carbons (Fsp3) is 0.333. The van der Waals surface area contributed by atoms with Crippen molar-refractivity contribution >= 4 is 40.2 Å². The number of carbonyl (C=O) groups is 1. The van der Waals surface area contributed by atoms with Crippen LogP contribution in [0.3, 0.4) is 0 Å². The summed E-state index contributed by atoms with van der Waals surface area (Å²) in [6, 6.07) is 10.1. The van der Waals surface area contributed by atoms with Gasteiger partial charge in [0.2, 0.25) is 0 Å². The molecule has 0 aliphatic carbocycles. The highest BCUT2D eigenvalue weighted by molar-refractivity contribution is 6.09. The Morgan fingerprint density at radius 1 is 1.17 bits per heavy atom. The van der Waals surface area contributed by atoms with Gasteiger partial charge in [-0.25, -0.2) is 9.78 Å². The smallest absolute Gasteiger partial charge is 0.356 e. The molecule has 2 heterocycles. The molecule has 0 aliphatic heterocycles. The lowest BCUT2D eigenvalue weighted by atomic mass is 10.1. The molecule has 0 radical (unpaired) electrons. The van der Waals surface area contributed by atoms with Crippen molar-refractivity contribution in [1.29, 1.82) is 0 Å². The molecular weight excluding hydrogens is 312 g/mol. The van der Waals surface area contributed by atoms with Crippen molar-refractivity contribution in [2.45, 2.75) is 33.2 Å². The number of esters is 1. The van der Waals surface area contributed by atoms with Crippen molar-refractivity contribution in [1.82, 2.24) is 9.55 Å². The molecule has 0 N–H and O–H groups in total. The maximum absolute atomic E-state index is 11.9. The summed E-state index contributed by atoms with van der Waals surface area (Å²) in [7, 11) is 0. The number of unbranched alkanes of at least 4 members (excludes halogenated alkanes) is 1. The van der Waals surface area contributed by atoms with E-state index in [-0.39, 0.29) is 18.4 Å². The van der Waals surface area contributed by atoms with Gasteiger partial charge in [-0.1, -0.05) is 31.5 Å². The number of para-hydroxylation sites is 1. The molecule has 0 aliphatic rings. The lowest BCUT2D eigenvalue weighted by Crippen LogP contribution is -2.07. The zero-order valence-corrected chi connectivity index (χ0v) is 14.2. The molecule has 5 heteroatoms. The Morgan fingerprint density at radius 2 is 1.96 bits per heavy atom. The summed E-state index contributed by atoms with van der Waals surface area (Å²) >= 11 is 0. The van der Waals surface area contributed by atoms with Gasteiger partial charge in [0.15, 0.2) is 0 Å². The first kappa shape index (κ1) is 17.3. The fourth-order valence-corrected chi connectivity index (χ4v) is 2.82. The summed E-state index contributed by atoms with van der Waals surface area (Å²) in [6.45, 7) is 5.30. The van der Waals surface area contributed by atoms with Crippen molar-refractivity contribution < 1.29 is 9.53 Å². The summed E-state index contributed by atoms with van der Waals surface area (Å²) in [5.41, 5.74) is 2.63. The first-order valence-corrected chi connectivity index (χ1v) is 7.80. The van der Waals surface area contributed by atoms with Gasteiger partial charge in [-0.2, -0.15) is 0 Å². The van der Waals surface area contributed by atoms with E-state index in [1.54, 1.807) is 13.1 Å². The predicted molar refractivity (Wildman–Crippen MR) is 95.4 cm³/mol. The second-order valence-corrected chi connectivity index (χ2v) is 5.33. The van der Waals surface area contributed by atoms with Crippen molar-refractivity contribution in [2.75, 3.05) is 6.61 Å². The molecule has 4 nitrogen and oxygen atoms in total. The van der Waals surface area contributed by atoms with Crippen LogP contribution >= 0.6 is 12.4 Å². The highest BCUT2D eigenvalue weighted by Gasteiger charge is 2.14. The van der Waals surface area contributed by atoms with Crippen LogP contribution in [-0.2, 0) is 11.3 Å². The Balaban J connectivity index is 0.00000192. The second kappa shape index (κ2) is 7.47. The van der Waals surface area contributed by atoms with Gasteiger partial charge < -0.3 is 9.30 Å². The number of hydrogen-bond donors (Lipinski definition) is 0. The zero-order chi connectivity index (χ0) is 15.5. The molecule has 3 aromatic rings. The fourth-order valence-electron chi connectivity index (χ4n) is 2.82. The van der Waals surface area contributed by atoms with Gasteiger partial charge in [0, 0.05) is 22.8 Å². The molecule has 0 bridgehead atoms. The molecule has 122 valence electrons. The number of pyridine rings is 1. The van der Waals surface area contributed by atoms with Crippen LogP contribution in [0, 0.1) is 0 Å². The summed E-state index contributed by atoms with van der Waals surface area (Å²) in [6.07, 6.45) is 4.05. The van der Waals surface area contributed by atoms with Crippen LogP contribution in [0.5, 0.6) is 0 Å². The van der Waals surface area contributed by atoms with Gasteiger partial charge in [-0.3, -0.25) is 0 Å². The molecule has 0 unspecified atom stereocenters. The third-order valence-corrected chi connectivity index (χ3v) is 3.88. The Bertz CT molecular complexity index is 826. The molecule has 3 rings (SSSR count). The minimum absolute atomic E-state index is 0. The number of hydrogen-bond acceptors (Lipinski definition) is 3. The number of rotatable bonds is 5. The molecule has 0 fully saturated rings. The van der Waals surface area contributed by atoms with Crippen molar-refractivity contribution in [3.8, 4) is 0 Å². The lowest BCUT2D eigenvalue weighted by molar-refractivity contribution is 0.0520. The predicted octanol–water partition coefficient (Wildman–Crippen LogP) is 4.59. The average molecular weight is 333 g/mol. The molecule has 2 aromatic heterocycles. The lowest BCUT2D eigenvalue weighted by Gasteiger charge is -2.06. The number of benzene rings is 1. The van der Waals surface area contributed by atoms with Crippen LogP contribution in [0.1, 0.15) is 37.2 Å². The standard InChI is InChI=1S/C18H20N2O2.ClH/c1-3-5-10-20-16-9-7-6-8-13(16)14-11-15(18(21)22-4-2)19-12-17(14)20;/h6-9,11-12H,3-5,10H2,1-2H3;1H. The number of aromatic nitrogens is 2. The number of fused-ring (bicyclic) bond motifs is 3. The first-order valence-electron chi connectivity index (χ1n) is 7.80. The summed E-state index contributed by atoms with van der Waals surface area (Å²) in [5.74, 6) is -0.366. The third-order valence-electron chi connectivity index (χ3n) is 3.88. The maximum atomic E-state index is 11.9. The van der Waals surface area contributed by atoms with Gasteiger partial charge in [-0.05, 0) is 25.5 Å². The summed E-state index contributed by atoms with van der Waals surface area (Å²) in [5, 5.41) is 2.21. The normalized spacial score (nSPS) is 10.7. The van der Waals surface area contributed by atoms with Crippen LogP contribution in [-0.4, -0.2) is 22.1 Å². The van der Waals surface area contributed by atoms with Gasteiger partial charge in [0.25, 0.3) is 0 Å². The second-order valence-electron chi connectivity index (χ2n) is 5.33. The van der Waals surface area contributed by atoms with E-state index < -0.39 is 0 Å². The monoisotopic (exact) mass is 332 g/mol. The van der Waals surface area contributed by atoms with Crippen molar-refractivity contribution in [3.05, 3.63) is 42.2 Å². The van der Waals surface area contributed by atoms with Crippen LogP contribution in [0.15, 0.2) is 36.5 Å². The topological polar surface area (TPSA) is 44.1 Å². The van der Waals surface area contributed by atoms with Crippen LogP contribution in [0.25, 0.3) is 21.8 Å². The van der Waals surface area contributed by atoms with Gasteiger partial charge >= 0.3 is 5.97 Å². The number of nitrogens with zero attached hydrogens (tertiary/aromatic N) is 2. The number of aryl methyl sites for hydroxylation is 1. The molecule has 0 spiro atoms. The first-order chi connectivity index (χ1) is 10.8. The molecule has 23 heavy (non-hydrogen) atoms. The highest BCUT2D eigenvalue weighted by atomic mass is 35.5. The quantitative estimate of drug-likeness (QED) is 0.642. The van der Waals surface area contributed by atoms with Crippen molar-refractivity contribution in [2.24, 2.45) is 0 Å². The maximum Gasteiger partial charge on any atom is 0.356 e. The zero-order valence-electron chi connectivity index (χ0n) is 13.4. The Hall–Kier alpha value is -2.07. The van der Waals surface area contributed by atoms with Crippen LogP contribution in [0.4, 0.5) is 0 Å². The van der Waals surface area contributed by atoms with Crippen LogP contribution < -0.4 is 0 Å². The third kappa shape index (κ3) is 3.17. The van der Waals surface area contributed by atoms with E-state index in [0.29, 0.717) is 12.3 Å². The van der Waals surface area contributed by atoms with Gasteiger partial charge in [0.05, 0.1) is 18.3 Å². The van der Waals surface area contributed by atoms with E-state index in [2.05, 4.69) is 28.6 Å². The van der Waals surface area contributed by atoms with E-state index >= 15 is 0 Å². The van der Waals surface area contributed by atoms with E-state index in [1.165, 1.54) is 5.52 Å². The average Bonchev–Trinajstić information content (AvgIpc) is 2.86. The largest absolute Gasteiger partial charge is 0.461 e. The Labute approximate surface area is 141 Å². The minimum atomic E-state index is -0.366. The summed E-state index contributed by atoms with van der Waals surface area (Å²) < 4.78 is 7.34. The Morgan fingerprint density at radius 3 is 2.70 bits per heavy atom. The number of ether oxygens (including phenoxy) is 1. The molecule has 0 atom stereocenters. The number of halogens is 1. The number of carbonyl (C=O) groups excluding carboxylic acids is 1. The SMILES string of the molecule is CCCCn1c2ccccc2c2cc(C(=O)OCC)ncc21.Cl. The van der Waals surface area contributed by atoms with Gasteiger partial charge in [0.1, 0.15) is 5.69 Å². The molecule has 0 saturated heterocycles. The minimum Gasteiger partial charge on any atom is -0.461 e. The summed E-state index contributed by atoms with van der Waals surface area (Å²) in [4.78, 5) is 16.2. The van der Waals surface area contributed by atoms with E-state index in [9.17, 15) is 4.79 Å². The highest BCUT2D eigenvalue weighted by Crippen LogP contribution is 2.29. The molecule has 0 amide bonds. The van der Waals surface area contributed by atoms with E-state index in [4.69, 9.17) is 4.74 Å². The van der Waals surface area contributed by atoms with Gasteiger partial charge in [-0.15, -0.1) is 12.4 Å². The van der Waals surface area contributed by atoms with Crippen molar-refractivity contribution in [3.63, 3.8) is 0 Å². The molecule has 1 aromatic carbocycles. The molecule has 0 saturated carbocycles. The van der Waals surface area contributed by atoms with E-state index in [1.807, 2.05) is 18.2 Å². The van der Waals surface area contributed by atoms with Crippen LogP contribution in [0.2, 0.25) is 0 Å².